The van der Waals surface area contributed by atoms with E-state index in [-0.39, 0.29) is 18.2 Å². The van der Waals surface area contributed by atoms with Gasteiger partial charge in [0, 0.05) is 16.5 Å². The van der Waals surface area contributed by atoms with E-state index in [1.807, 2.05) is 38.1 Å². The molecular weight excluding hydrogens is 464 g/mol. The van der Waals surface area contributed by atoms with Crippen molar-refractivity contribution in [3.8, 4) is 22.9 Å². The summed E-state index contributed by atoms with van der Waals surface area (Å²) in [6.07, 6.45) is 0.817. The largest absolute Gasteiger partial charge is 0.490 e. The number of methoxy groups -OCH3 is 1. The Morgan fingerprint density at radius 3 is 2.46 bits per heavy atom. The molecule has 8 nitrogen and oxygen atoms in total. The van der Waals surface area contributed by atoms with Crippen molar-refractivity contribution in [3.05, 3.63) is 59.2 Å². The molecule has 2 aromatic carbocycles. The van der Waals surface area contributed by atoms with E-state index >= 15 is 0 Å². The molecule has 0 unspecified atom stereocenters. The Morgan fingerprint density at radius 1 is 1.14 bits per heavy atom. The first-order chi connectivity index (χ1) is 16.7. The first-order valence-corrected chi connectivity index (χ1v) is 12.2. The summed E-state index contributed by atoms with van der Waals surface area (Å²) in [6, 6.07) is 12.5. The van der Waals surface area contributed by atoms with Crippen molar-refractivity contribution in [2.24, 2.45) is 11.7 Å². The Morgan fingerprint density at radius 2 is 1.83 bits per heavy atom. The molecule has 9 heteroatoms. The van der Waals surface area contributed by atoms with Crippen molar-refractivity contribution in [1.29, 1.82) is 0 Å². The van der Waals surface area contributed by atoms with Crippen LogP contribution < -0.4 is 19.9 Å². The third-order valence-electron chi connectivity index (χ3n) is 5.31. The van der Waals surface area contributed by atoms with Crippen LogP contribution in [0, 0.1) is 19.8 Å². The van der Waals surface area contributed by atoms with E-state index in [2.05, 4.69) is 23.6 Å². The fourth-order valence-electron chi connectivity index (χ4n) is 3.77. The Hall–Kier alpha value is -3.30. The van der Waals surface area contributed by atoms with E-state index in [1.165, 1.54) is 11.9 Å². The van der Waals surface area contributed by atoms with Crippen molar-refractivity contribution in [2.75, 3.05) is 18.4 Å². The van der Waals surface area contributed by atoms with Crippen molar-refractivity contribution in [1.82, 2.24) is 9.97 Å². The number of nitrogens with two attached hydrogens (primary N) is 1. The number of aryl methyl sites for hydroxylation is 2. The highest BCUT2D eigenvalue weighted by Gasteiger charge is 2.22. The summed E-state index contributed by atoms with van der Waals surface area (Å²) in [6.45, 7) is 8.54. The average Bonchev–Trinajstić information content (AvgIpc) is 2.81. The van der Waals surface area contributed by atoms with Gasteiger partial charge in [-0.25, -0.2) is 9.78 Å². The molecule has 3 rings (SSSR count). The molecule has 4 N–H and O–H groups in total. The second kappa shape index (κ2) is 11.9. The SMILES string of the molecule is COc1c(OC[C@H](N)CC(C)C)nc(NSc2cccc(C(=O)O)c2)nc1-c1c(C)cccc1C. The summed E-state index contributed by atoms with van der Waals surface area (Å²) in [7, 11) is 1.57. The molecule has 0 aliphatic carbocycles. The zero-order chi connectivity index (χ0) is 25.5. The van der Waals surface area contributed by atoms with Crippen LogP contribution in [-0.2, 0) is 0 Å². The third-order valence-corrected chi connectivity index (χ3v) is 6.08. The van der Waals surface area contributed by atoms with Crippen LogP contribution in [0.25, 0.3) is 11.3 Å². The smallest absolute Gasteiger partial charge is 0.335 e. The zero-order valence-corrected chi connectivity index (χ0v) is 21.5. The molecule has 0 bridgehead atoms. The predicted molar refractivity (Wildman–Crippen MR) is 139 cm³/mol. The molecule has 186 valence electrons. The molecule has 0 amide bonds. The zero-order valence-electron chi connectivity index (χ0n) is 20.7. The summed E-state index contributed by atoms with van der Waals surface area (Å²) < 4.78 is 14.9. The highest BCUT2D eigenvalue weighted by Crippen LogP contribution is 2.40. The van der Waals surface area contributed by atoms with Crippen molar-refractivity contribution < 1.29 is 19.4 Å². The van der Waals surface area contributed by atoms with Crippen molar-refractivity contribution in [2.45, 2.75) is 45.1 Å². The highest BCUT2D eigenvalue weighted by atomic mass is 32.2. The minimum Gasteiger partial charge on any atom is -0.490 e. The average molecular weight is 497 g/mol. The fourth-order valence-corrected chi connectivity index (χ4v) is 4.40. The van der Waals surface area contributed by atoms with Crippen LogP contribution in [0.3, 0.4) is 0 Å². The van der Waals surface area contributed by atoms with Crippen LogP contribution in [0.15, 0.2) is 47.4 Å². The number of rotatable bonds is 11. The molecule has 1 atom stereocenters. The number of anilines is 1. The molecule has 3 aromatic rings. The molecule has 0 aliphatic heterocycles. The summed E-state index contributed by atoms with van der Waals surface area (Å²) in [5.74, 6) is 0.492. The van der Waals surface area contributed by atoms with Gasteiger partial charge in [-0.05, 0) is 67.5 Å². The van der Waals surface area contributed by atoms with Gasteiger partial charge in [0.1, 0.15) is 12.3 Å². The van der Waals surface area contributed by atoms with E-state index in [1.54, 1.807) is 25.3 Å². The molecule has 0 radical (unpaired) electrons. The number of aromatic nitrogens is 2. The number of carboxylic acid groups (broad SMARTS) is 1. The number of benzene rings is 2. The fraction of sp³-hybridized carbons (Fsp3) is 0.346. The molecule has 0 saturated carbocycles. The van der Waals surface area contributed by atoms with Crippen LogP contribution in [0.2, 0.25) is 0 Å². The maximum Gasteiger partial charge on any atom is 0.335 e. The van der Waals surface area contributed by atoms with E-state index in [4.69, 9.17) is 20.2 Å². The van der Waals surface area contributed by atoms with Gasteiger partial charge >= 0.3 is 5.97 Å². The van der Waals surface area contributed by atoms with E-state index in [0.717, 1.165) is 23.1 Å². The minimum atomic E-state index is -0.987. The van der Waals surface area contributed by atoms with Gasteiger partial charge in [0.25, 0.3) is 5.88 Å². The molecule has 0 saturated heterocycles. The number of ether oxygens (including phenoxy) is 2. The summed E-state index contributed by atoms with van der Waals surface area (Å²) >= 11 is 1.21. The molecule has 35 heavy (non-hydrogen) atoms. The minimum absolute atomic E-state index is 0.150. The number of hydrogen-bond donors (Lipinski definition) is 3. The lowest BCUT2D eigenvalue weighted by atomic mass is 9.99. The predicted octanol–water partition coefficient (Wildman–Crippen LogP) is 5.34. The highest BCUT2D eigenvalue weighted by molar-refractivity contribution is 8.00. The molecule has 0 fully saturated rings. The molecule has 0 spiro atoms. The van der Waals surface area contributed by atoms with Crippen molar-refractivity contribution in [3.63, 3.8) is 0 Å². The van der Waals surface area contributed by atoms with Gasteiger partial charge in [0.2, 0.25) is 11.7 Å². The van der Waals surface area contributed by atoms with Crippen LogP contribution >= 0.6 is 11.9 Å². The normalized spacial score (nSPS) is 11.9. The summed E-state index contributed by atoms with van der Waals surface area (Å²) in [5, 5.41) is 9.27. The van der Waals surface area contributed by atoms with Gasteiger partial charge in [-0.3, -0.25) is 4.72 Å². The Balaban J connectivity index is 1.99. The van der Waals surface area contributed by atoms with Gasteiger partial charge in [-0.2, -0.15) is 4.98 Å². The maximum atomic E-state index is 11.3. The van der Waals surface area contributed by atoms with Gasteiger partial charge in [0.15, 0.2) is 0 Å². The first-order valence-electron chi connectivity index (χ1n) is 11.4. The Labute approximate surface area is 210 Å². The number of nitrogens with one attached hydrogen (secondary N) is 1. The van der Waals surface area contributed by atoms with E-state index in [9.17, 15) is 9.90 Å². The van der Waals surface area contributed by atoms with E-state index in [0.29, 0.717) is 34.1 Å². The van der Waals surface area contributed by atoms with Crippen LogP contribution in [0.1, 0.15) is 41.8 Å². The van der Waals surface area contributed by atoms with Crippen molar-refractivity contribution >= 4 is 23.9 Å². The van der Waals surface area contributed by atoms with Crippen LogP contribution in [-0.4, -0.2) is 40.8 Å². The van der Waals surface area contributed by atoms with Gasteiger partial charge in [-0.1, -0.05) is 38.1 Å². The topological polar surface area (TPSA) is 120 Å². The first kappa shape index (κ1) is 26.3. The Kier molecular flexibility index (Phi) is 8.95. The van der Waals surface area contributed by atoms with E-state index < -0.39 is 5.97 Å². The molecule has 1 heterocycles. The molecule has 1 aromatic heterocycles. The van der Waals surface area contributed by atoms with Crippen LogP contribution in [0.4, 0.5) is 5.95 Å². The lowest BCUT2D eigenvalue weighted by Crippen LogP contribution is -2.29. The Bertz CT molecular complexity index is 1170. The van der Waals surface area contributed by atoms with Gasteiger partial charge in [0.05, 0.1) is 12.7 Å². The summed E-state index contributed by atoms with van der Waals surface area (Å²) in [4.78, 5) is 21.3. The molecular formula is C26H32N4O4S. The summed E-state index contributed by atoms with van der Waals surface area (Å²) in [5.41, 5.74) is 10.1. The number of carbonyl (C=O) groups is 1. The lowest BCUT2D eigenvalue weighted by Gasteiger charge is -2.19. The maximum absolute atomic E-state index is 11.3. The lowest BCUT2D eigenvalue weighted by molar-refractivity contribution is 0.0696. The van der Waals surface area contributed by atoms with Gasteiger partial charge < -0.3 is 20.3 Å². The number of hydrogen-bond acceptors (Lipinski definition) is 8. The second-order valence-corrected chi connectivity index (χ2v) is 9.62. The third kappa shape index (κ3) is 6.86. The second-order valence-electron chi connectivity index (χ2n) is 8.74. The standard InChI is InChI=1S/C26H32N4O4S/c1-15(2)12-19(27)14-34-24-23(33-5)22(21-16(3)8-6-9-17(21)4)28-26(29-24)30-35-20-11-7-10-18(13-20)25(31)32/h6-11,13,15,19H,12,14,27H2,1-5H3,(H,31,32)(H,28,29,30)/t19-/m1/s1. The monoisotopic (exact) mass is 496 g/mol. The number of nitrogens with zero attached hydrogens (tertiary/aromatic N) is 2. The number of carboxylic acids is 1. The van der Waals surface area contributed by atoms with Crippen LogP contribution in [0.5, 0.6) is 11.6 Å². The number of aromatic carboxylic acids is 1. The van der Waals surface area contributed by atoms with Gasteiger partial charge in [-0.15, -0.1) is 0 Å². The molecule has 0 aliphatic rings. The quantitative estimate of drug-likeness (QED) is 0.302.